The van der Waals surface area contributed by atoms with Gasteiger partial charge in [-0.05, 0) is 36.1 Å². The van der Waals surface area contributed by atoms with Crippen molar-refractivity contribution < 1.29 is 8.42 Å². The second-order valence-corrected chi connectivity index (χ2v) is 9.56. The number of hydrogen-bond donors (Lipinski definition) is 1. The van der Waals surface area contributed by atoms with Crippen molar-refractivity contribution in [2.45, 2.75) is 17.1 Å². The first-order chi connectivity index (χ1) is 14.9. The van der Waals surface area contributed by atoms with E-state index in [2.05, 4.69) is 20.4 Å². The second kappa shape index (κ2) is 8.26. The van der Waals surface area contributed by atoms with E-state index in [9.17, 15) is 18.5 Å². The fourth-order valence-electron chi connectivity index (χ4n) is 3.12. The third kappa shape index (κ3) is 4.17. The maximum absolute atomic E-state index is 12.9. The van der Waals surface area contributed by atoms with Gasteiger partial charge in [0, 0.05) is 0 Å². The molecule has 31 heavy (non-hydrogen) atoms. The van der Waals surface area contributed by atoms with Crippen LogP contribution in [0.25, 0.3) is 10.9 Å². The van der Waals surface area contributed by atoms with Crippen molar-refractivity contribution in [3.63, 3.8) is 0 Å². The minimum absolute atomic E-state index is 0.00823. The number of H-pyrrole nitrogens is 1. The minimum Gasteiger partial charge on any atom is -0.309 e. The third-order valence-electron chi connectivity index (χ3n) is 4.59. The number of hydrogen-bond acceptors (Lipinski definition) is 6. The normalized spacial score (nSPS) is 13.1. The summed E-state index contributed by atoms with van der Waals surface area (Å²) in [6.07, 6.45) is 0. The summed E-state index contributed by atoms with van der Waals surface area (Å²) in [5.74, 6) is -1.16. The van der Waals surface area contributed by atoms with Gasteiger partial charge < -0.3 is 4.98 Å². The highest BCUT2D eigenvalue weighted by Gasteiger charge is 2.26. The molecule has 0 saturated carbocycles. The van der Waals surface area contributed by atoms with Crippen molar-refractivity contribution in [3.8, 4) is 6.07 Å². The lowest BCUT2D eigenvalue weighted by Crippen LogP contribution is -2.21. The number of nitrogens with zero attached hydrogens (tertiary/aromatic N) is 3. The first-order valence-electron chi connectivity index (χ1n) is 9.23. The van der Waals surface area contributed by atoms with E-state index in [1.165, 1.54) is 6.07 Å². The molecule has 0 aliphatic heterocycles. The van der Waals surface area contributed by atoms with Crippen LogP contribution in [0.4, 0.5) is 0 Å². The molecule has 2 aromatic carbocycles. The van der Waals surface area contributed by atoms with Gasteiger partial charge in [-0.2, -0.15) is 18.1 Å². The molecule has 0 fully saturated rings. The Kier molecular flexibility index (Phi) is 5.50. The van der Waals surface area contributed by atoms with Crippen LogP contribution in [0, 0.1) is 18.3 Å². The predicted octanol–water partition coefficient (Wildman–Crippen LogP) is 3.78. The number of benzene rings is 2. The average molecular weight is 449 g/mol. The number of aromatic nitrogens is 2. The number of sulfonamides is 1. The SMILES string of the molecule is Cc1ccc2nc(C(C#N)C(=NS(=O)(=O)c3cccs3)c3ccccc3)[nH]c(=O)c2c1. The Balaban J connectivity index is 1.93. The molecule has 4 rings (SSSR count). The molecule has 2 heterocycles. The van der Waals surface area contributed by atoms with Crippen LogP contribution in [-0.4, -0.2) is 24.1 Å². The molecule has 1 atom stereocenters. The molecule has 9 heteroatoms. The lowest BCUT2D eigenvalue weighted by atomic mass is 9.97. The zero-order valence-corrected chi connectivity index (χ0v) is 17.9. The largest absolute Gasteiger partial charge is 0.309 e. The number of nitrogens with one attached hydrogen (secondary N) is 1. The van der Waals surface area contributed by atoms with Crippen molar-refractivity contribution in [2.24, 2.45) is 4.40 Å². The Morgan fingerprint density at radius 3 is 2.61 bits per heavy atom. The number of fused-ring (bicyclic) bond motifs is 1. The molecule has 0 amide bonds. The number of aromatic amines is 1. The quantitative estimate of drug-likeness (QED) is 0.467. The van der Waals surface area contributed by atoms with Gasteiger partial charge in [0.25, 0.3) is 15.6 Å². The number of nitriles is 1. The zero-order valence-electron chi connectivity index (χ0n) is 16.3. The summed E-state index contributed by atoms with van der Waals surface area (Å²) < 4.78 is 29.8. The second-order valence-electron chi connectivity index (χ2n) is 6.78. The monoisotopic (exact) mass is 448 g/mol. The van der Waals surface area contributed by atoms with Gasteiger partial charge in [-0.25, -0.2) is 4.98 Å². The standard InChI is InChI=1S/C22H16N4O3S2/c1-14-9-10-18-16(12-14)22(27)25-21(24-18)17(13-23)20(15-6-3-2-4-7-15)26-31(28,29)19-8-5-11-30-19/h2-12,17H,1H3,(H,24,25,27). The fraction of sp³-hybridized carbons (Fsp3) is 0.0909. The van der Waals surface area contributed by atoms with Gasteiger partial charge in [-0.3, -0.25) is 4.79 Å². The average Bonchev–Trinajstić information content (AvgIpc) is 3.31. The lowest BCUT2D eigenvalue weighted by Gasteiger charge is -2.13. The van der Waals surface area contributed by atoms with Crippen LogP contribution in [0.1, 0.15) is 22.9 Å². The Morgan fingerprint density at radius 2 is 1.94 bits per heavy atom. The van der Waals surface area contributed by atoms with Gasteiger partial charge in [0.15, 0.2) is 0 Å². The zero-order chi connectivity index (χ0) is 22.0. The van der Waals surface area contributed by atoms with Crippen LogP contribution in [0.2, 0.25) is 0 Å². The Bertz CT molecular complexity index is 1480. The molecule has 1 unspecified atom stereocenters. The molecule has 0 radical (unpaired) electrons. The molecular weight excluding hydrogens is 432 g/mol. The van der Waals surface area contributed by atoms with E-state index in [1.807, 2.05) is 13.0 Å². The number of thiophene rings is 1. The van der Waals surface area contributed by atoms with E-state index in [4.69, 9.17) is 0 Å². The highest BCUT2D eigenvalue weighted by molar-refractivity contribution is 7.92. The molecule has 2 aromatic heterocycles. The Labute approximate surface area is 182 Å². The van der Waals surface area contributed by atoms with E-state index >= 15 is 0 Å². The van der Waals surface area contributed by atoms with Crippen molar-refractivity contribution in [2.75, 3.05) is 0 Å². The predicted molar refractivity (Wildman–Crippen MR) is 120 cm³/mol. The van der Waals surface area contributed by atoms with Crippen LogP contribution in [0.15, 0.2) is 79.4 Å². The van der Waals surface area contributed by atoms with Crippen LogP contribution in [0.5, 0.6) is 0 Å². The topological polar surface area (TPSA) is 116 Å². The van der Waals surface area contributed by atoms with Crippen molar-refractivity contribution in [3.05, 3.63) is 93.3 Å². The third-order valence-corrected chi connectivity index (χ3v) is 7.26. The molecule has 0 saturated heterocycles. The summed E-state index contributed by atoms with van der Waals surface area (Å²) in [5.41, 5.74) is 1.35. The van der Waals surface area contributed by atoms with Crippen molar-refractivity contribution in [1.29, 1.82) is 5.26 Å². The summed E-state index contributed by atoms with van der Waals surface area (Å²) in [4.78, 5) is 19.7. The highest BCUT2D eigenvalue weighted by Crippen LogP contribution is 2.25. The van der Waals surface area contributed by atoms with E-state index in [-0.39, 0.29) is 15.7 Å². The molecular formula is C22H16N4O3S2. The van der Waals surface area contributed by atoms with Gasteiger partial charge in [0.1, 0.15) is 16.0 Å². The number of aryl methyl sites for hydroxylation is 1. The summed E-state index contributed by atoms with van der Waals surface area (Å²) in [6.45, 7) is 1.86. The maximum atomic E-state index is 12.9. The lowest BCUT2D eigenvalue weighted by molar-refractivity contribution is 0.600. The van der Waals surface area contributed by atoms with Crippen LogP contribution < -0.4 is 5.56 Å². The van der Waals surface area contributed by atoms with E-state index in [0.29, 0.717) is 16.5 Å². The minimum atomic E-state index is -4.05. The van der Waals surface area contributed by atoms with Gasteiger partial charge in [-0.1, -0.05) is 48.0 Å². The first-order valence-corrected chi connectivity index (χ1v) is 11.5. The molecule has 7 nitrogen and oxygen atoms in total. The van der Waals surface area contributed by atoms with Gasteiger partial charge in [0.05, 0.1) is 22.7 Å². The van der Waals surface area contributed by atoms with E-state index in [0.717, 1.165) is 16.9 Å². The van der Waals surface area contributed by atoms with Crippen molar-refractivity contribution >= 4 is 38.0 Å². The van der Waals surface area contributed by atoms with E-state index < -0.39 is 21.5 Å². The molecule has 0 aliphatic rings. The van der Waals surface area contributed by atoms with Crippen LogP contribution in [0.3, 0.4) is 0 Å². The Morgan fingerprint density at radius 1 is 1.16 bits per heavy atom. The molecule has 0 spiro atoms. The highest BCUT2D eigenvalue weighted by atomic mass is 32.2. The summed E-state index contributed by atoms with van der Waals surface area (Å²) >= 11 is 1.04. The van der Waals surface area contributed by atoms with Crippen LogP contribution >= 0.6 is 11.3 Å². The molecule has 0 bridgehead atoms. The summed E-state index contributed by atoms with van der Waals surface area (Å²) in [5, 5.41) is 12.0. The fourth-order valence-corrected chi connectivity index (χ4v) is 5.15. The first kappa shape index (κ1) is 20.7. The Hall–Kier alpha value is -3.61. The molecule has 0 aliphatic carbocycles. The summed E-state index contributed by atoms with van der Waals surface area (Å²) in [7, 11) is -4.05. The van der Waals surface area contributed by atoms with Crippen LogP contribution in [-0.2, 0) is 10.0 Å². The molecule has 154 valence electrons. The molecule has 4 aromatic rings. The molecule has 1 N–H and O–H groups in total. The number of rotatable bonds is 5. The smallest absolute Gasteiger partial charge is 0.292 e. The van der Waals surface area contributed by atoms with Gasteiger partial charge in [-0.15, -0.1) is 11.3 Å². The van der Waals surface area contributed by atoms with E-state index in [1.54, 1.807) is 53.9 Å². The van der Waals surface area contributed by atoms with Crippen molar-refractivity contribution in [1.82, 2.24) is 9.97 Å². The van der Waals surface area contributed by atoms with Gasteiger partial charge >= 0.3 is 0 Å². The summed E-state index contributed by atoms with van der Waals surface area (Å²) in [6, 6.07) is 18.9. The maximum Gasteiger partial charge on any atom is 0.292 e. The van der Waals surface area contributed by atoms with Gasteiger partial charge in [0.2, 0.25) is 0 Å².